The molecule has 0 aliphatic heterocycles. The van der Waals surface area contributed by atoms with Gasteiger partial charge in [0.25, 0.3) is 0 Å². The molecule has 36 heavy (non-hydrogen) atoms. The van der Waals surface area contributed by atoms with E-state index in [2.05, 4.69) is 5.32 Å². The normalized spacial score (nSPS) is 12.3. The van der Waals surface area contributed by atoms with Gasteiger partial charge in [0.05, 0.1) is 7.11 Å². The summed E-state index contributed by atoms with van der Waals surface area (Å²) in [7, 11) is 3.12. The first-order valence-corrected chi connectivity index (χ1v) is 14.0. The number of aromatic hydroxyl groups is 1. The van der Waals surface area contributed by atoms with E-state index in [1.807, 2.05) is 0 Å². The molecule has 3 rings (SSSR count). The number of carbonyl (C=O) groups is 2. The topological polar surface area (TPSA) is 141 Å². The average molecular weight is 559 g/mol. The van der Waals surface area contributed by atoms with Crippen LogP contribution in [-0.2, 0) is 30.2 Å². The van der Waals surface area contributed by atoms with E-state index in [4.69, 9.17) is 17.9 Å². The average Bonchev–Trinajstić information content (AvgIpc) is 2.83. The van der Waals surface area contributed by atoms with Crippen LogP contribution in [0.2, 0.25) is 0 Å². The minimum atomic E-state index is -5.46. The van der Waals surface area contributed by atoms with Gasteiger partial charge >= 0.3 is 204 Å². The first-order valence-electron chi connectivity index (χ1n) is 10.7. The molecule has 190 valence electrons. The SMILES string of the molecule is COc1ccc(OC)c(COCc2cccc(C(=O)O[As](=O)(O)c3ccc(O)cc3NC(C)=O)c2)c1. The van der Waals surface area contributed by atoms with Crippen molar-refractivity contribution in [3.05, 3.63) is 77.4 Å². The maximum absolute atomic E-state index is 12.9. The van der Waals surface area contributed by atoms with Crippen molar-refractivity contribution in [2.24, 2.45) is 0 Å². The zero-order chi connectivity index (χ0) is 26.3. The fraction of sp³-hybridized carbons (Fsp3) is 0.200. The second-order valence-corrected chi connectivity index (χ2v) is 11.2. The van der Waals surface area contributed by atoms with Crippen LogP contribution in [0.15, 0.2) is 60.7 Å². The third-order valence-corrected chi connectivity index (χ3v) is 7.94. The Kier molecular flexibility index (Phi) is 8.82. The monoisotopic (exact) mass is 559 g/mol. The van der Waals surface area contributed by atoms with Crippen molar-refractivity contribution in [1.29, 1.82) is 0 Å². The second kappa shape index (κ2) is 11.8. The molecule has 3 aromatic rings. The number of phenolic OH excluding ortho intramolecular Hbond substituents is 1. The van der Waals surface area contributed by atoms with E-state index in [1.54, 1.807) is 44.6 Å². The van der Waals surface area contributed by atoms with Crippen molar-refractivity contribution in [2.75, 3.05) is 19.5 Å². The Bertz CT molecular complexity index is 1310. The van der Waals surface area contributed by atoms with Gasteiger partial charge in [-0.15, -0.1) is 0 Å². The Morgan fingerprint density at radius 3 is 2.44 bits per heavy atom. The molecule has 0 aromatic heterocycles. The molecule has 0 aliphatic carbocycles. The number of amides is 1. The number of hydrogen-bond acceptors (Lipinski definition) is 8. The van der Waals surface area contributed by atoms with Gasteiger partial charge in [-0.25, -0.2) is 0 Å². The van der Waals surface area contributed by atoms with Crippen molar-refractivity contribution < 1.29 is 40.5 Å². The van der Waals surface area contributed by atoms with Gasteiger partial charge < -0.3 is 0 Å². The number of phenols is 1. The molecule has 0 spiro atoms. The first kappa shape index (κ1) is 26.9. The van der Waals surface area contributed by atoms with Crippen LogP contribution in [0, 0.1) is 0 Å². The van der Waals surface area contributed by atoms with Gasteiger partial charge in [0.1, 0.15) is 0 Å². The Morgan fingerprint density at radius 2 is 1.75 bits per heavy atom. The fourth-order valence-electron chi connectivity index (χ4n) is 3.34. The molecule has 0 heterocycles. The first-order chi connectivity index (χ1) is 17.1. The van der Waals surface area contributed by atoms with E-state index in [0.29, 0.717) is 17.1 Å². The summed E-state index contributed by atoms with van der Waals surface area (Å²) in [4.78, 5) is 24.1. The van der Waals surface area contributed by atoms with Crippen LogP contribution in [0.3, 0.4) is 0 Å². The number of benzene rings is 3. The third kappa shape index (κ3) is 6.91. The Balaban J connectivity index is 1.70. The summed E-state index contributed by atoms with van der Waals surface area (Å²) in [5.41, 5.74) is 1.34. The molecular formula is C25H26AsNO9. The molecule has 0 bridgehead atoms. The zero-order valence-electron chi connectivity index (χ0n) is 19.9. The van der Waals surface area contributed by atoms with Gasteiger partial charge in [-0.05, 0) is 0 Å². The van der Waals surface area contributed by atoms with Crippen LogP contribution in [0.25, 0.3) is 0 Å². The van der Waals surface area contributed by atoms with E-state index < -0.39 is 26.0 Å². The molecule has 3 N–H and O–H groups in total. The number of anilines is 1. The van der Waals surface area contributed by atoms with Gasteiger partial charge in [-0.1, -0.05) is 0 Å². The zero-order valence-corrected chi connectivity index (χ0v) is 21.8. The molecule has 1 atom stereocenters. The molecule has 0 fully saturated rings. The number of rotatable bonds is 10. The van der Waals surface area contributed by atoms with Gasteiger partial charge in [-0.3, -0.25) is 0 Å². The van der Waals surface area contributed by atoms with Crippen molar-refractivity contribution in [2.45, 2.75) is 20.1 Å². The number of hydrogen-bond donors (Lipinski definition) is 3. The minimum absolute atomic E-state index is 0.0468. The second-order valence-electron chi connectivity index (χ2n) is 7.65. The molecule has 0 radical (unpaired) electrons. The Morgan fingerprint density at radius 1 is 0.972 bits per heavy atom. The third-order valence-electron chi connectivity index (χ3n) is 4.98. The van der Waals surface area contributed by atoms with Crippen molar-refractivity contribution in [3.63, 3.8) is 0 Å². The van der Waals surface area contributed by atoms with Crippen molar-refractivity contribution in [3.8, 4) is 17.2 Å². The molecule has 3 aromatic carbocycles. The van der Waals surface area contributed by atoms with Crippen LogP contribution in [0.4, 0.5) is 5.69 Å². The molecule has 0 aliphatic rings. The van der Waals surface area contributed by atoms with E-state index in [-0.39, 0.29) is 34.6 Å². The van der Waals surface area contributed by atoms with Crippen molar-refractivity contribution >= 4 is 36.1 Å². The van der Waals surface area contributed by atoms with Gasteiger partial charge in [0.2, 0.25) is 0 Å². The van der Waals surface area contributed by atoms with E-state index in [0.717, 1.165) is 23.8 Å². The molecular weight excluding hydrogens is 533 g/mol. The summed E-state index contributed by atoms with van der Waals surface area (Å²) in [5, 5.41) is 12.0. The fourth-order valence-corrected chi connectivity index (χ4v) is 5.68. The van der Waals surface area contributed by atoms with Gasteiger partial charge in [-0.2, -0.15) is 0 Å². The summed E-state index contributed by atoms with van der Waals surface area (Å²) < 4.78 is 44.5. The van der Waals surface area contributed by atoms with Crippen LogP contribution in [0.5, 0.6) is 17.2 Å². The predicted octanol–water partition coefficient (Wildman–Crippen LogP) is 2.51. The maximum atomic E-state index is 12.9. The van der Waals surface area contributed by atoms with Gasteiger partial charge in [0.15, 0.2) is 0 Å². The molecule has 1 unspecified atom stereocenters. The Hall–Kier alpha value is -3.72. The van der Waals surface area contributed by atoms with Crippen LogP contribution < -0.4 is 19.1 Å². The summed E-state index contributed by atoms with van der Waals surface area (Å²) in [6, 6.07) is 15.0. The van der Waals surface area contributed by atoms with E-state index >= 15 is 0 Å². The summed E-state index contributed by atoms with van der Waals surface area (Å²) >= 11 is -5.46. The van der Waals surface area contributed by atoms with Crippen molar-refractivity contribution in [1.82, 2.24) is 0 Å². The predicted molar refractivity (Wildman–Crippen MR) is 131 cm³/mol. The molecule has 0 saturated heterocycles. The number of methoxy groups -OCH3 is 2. The van der Waals surface area contributed by atoms with E-state index in [1.165, 1.54) is 19.1 Å². The summed E-state index contributed by atoms with van der Waals surface area (Å²) in [5.74, 6) is -0.476. The molecule has 1 amide bonds. The summed E-state index contributed by atoms with van der Waals surface area (Å²) in [6.07, 6.45) is 0. The van der Waals surface area contributed by atoms with Crippen LogP contribution in [-0.4, -0.2) is 49.5 Å². The van der Waals surface area contributed by atoms with E-state index in [9.17, 15) is 22.5 Å². The molecule has 11 heteroatoms. The number of carbonyl (C=O) groups excluding carboxylic acids is 2. The molecule has 0 saturated carbocycles. The van der Waals surface area contributed by atoms with Crippen LogP contribution in [0.1, 0.15) is 28.4 Å². The standard InChI is InChI=1S/C25H26AsNO9/c1-16(28)27-23-13-20(29)7-9-22(23)26(31,32)36-25(30)18-6-4-5-17(11-18)14-35-15-19-12-21(33-2)8-10-24(19)34-3/h4-13,29H,14-15H2,1-3H3,(H,27,28)(H,31,32). The van der Waals surface area contributed by atoms with Crippen LogP contribution >= 0.6 is 0 Å². The Labute approximate surface area is 210 Å². The summed E-state index contributed by atoms with van der Waals surface area (Å²) in [6.45, 7) is 1.57. The number of ether oxygens (including phenoxy) is 3. The quantitative estimate of drug-likeness (QED) is 0.320. The van der Waals surface area contributed by atoms with Gasteiger partial charge in [0, 0.05) is 0 Å². The number of nitrogens with one attached hydrogen (secondary N) is 1. The molecule has 10 nitrogen and oxygen atoms in total.